The van der Waals surface area contributed by atoms with Crippen molar-refractivity contribution in [2.45, 2.75) is 124 Å². The van der Waals surface area contributed by atoms with Crippen molar-refractivity contribution in [3.05, 3.63) is 70.5 Å². The van der Waals surface area contributed by atoms with E-state index in [1.165, 1.54) is 0 Å². The van der Waals surface area contributed by atoms with Gasteiger partial charge in [0.1, 0.15) is 17.5 Å². The maximum Gasteiger partial charge on any atom is 0.184 e. The van der Waals surface area contributed by atoms with Gasteiger partial charge in [0, 0.05) is 17.6 Å². The molecule has 0 unspecified atom stereocenters. The van der Waals surface area contributed by atoms with Crippen LogP contribution >= 0.6 is 0 Å². The summed E-state index contributed by atoms with van der Waals surface area (Å²) >= 11 is 0. The summed E-state index contributed by atoms with van der Waals surface area (Å²) in [6.07, 6.45) is 6.37. The maximum absolute atomic E-state index is 15.4. The number of aliphatic hydroxyl groups is 1. The standard InChI is InChI=1S/C38H50O6/c1-23(2)15-17-26-21-37-22-29(36(9)20-19-28(44-36)35(7,8)42)43-32(37)27(18-16-24(3)4)31(40)38(33(37)41,34(26,5)6)30(39)25-13-11-10-12-14-25/h10-16,26,28-29,42H,17-22H2,1-9H3/t26-,28+,29+,36-,37+,38+/m1/s1. The molecule has 1 spiro atoms. The summed E-state index contributed by atoms with van der Waals surface area (Å²) < 4.78 is 13.4. The number of carbonyl (C=O) groups is 3. The van der Waals surface area contributed by atoms with Gasteiger partial charge in [-0.25, -0.2) is 0 Å². The van der Waals surface area contributed by atoms with Crippen molar-refractivity contribution in [2.24, 2.45) is 22.2 Å². The van der Waals surface area contributed by atoms with Gasteiger partial charge >= 0.3 is 0 Å². The summed E-state index contributed by atoms with van der Waals surface area (Å²) in [7, 11) is 0. The van der Waals surface area contributed by atoms with Crippen LogP contribution in [0.4, 0.5) is 0 Å². The fourth-order valence-corrected chi connectivity index (χ4v) is 8.38. The van der Waals surface area contributed by atoms with E-state index in [2.05, 4.69) is 6.08 Å². The number of benzene rings is 1. The van der Waals surface area contributed by atoms with E-state index in [0.29, 0.717) is 55.4 Å². The summed E-state index contributed by atoms with van der Waals surface area (Å²) in [5.74, 6) is -0.835. The lowest BCUT2D eigenvalue weighted by molar-refractivity contribution is -0.163. The molecule has 3 fully saturated rings. The molecule has 6 heteroatoms. The number of rotatable bonds is 8. The van der Waals surface area contributed by atoms with Gasteiger partial charge in [0.25, 0.3) is 0 Å². The van der Waals surface area contributed by atoms with Gasteiger partial charge < -0.3 is 14.6 Å². The van der Waals surface area contributed by atoms with E-state index in [1.807, 2.05) is 60.6 Å². The van der Waals surface area contributed by atoms with Crippen molar-refractivity contribution >= 4 is 17.3 Å². The Bertz CT molecular complexity index is 1450. The number of hydrogen-bond donors (Lipinski definition) is 1. The van der Waals surface area contributed by atoms with E-state index in [0.717, 1.165) is 11.1 Å². The highest BCUT2D eigenvalue weighted by Crippen LogP contribution is 2.69. The SMILES string of the molecule is CC(C)=CCC1=C2O[C@H]([C@@]3(C)CC[C@@H](C(C)(C)O)O3)C[C@@]23C[C@@H](CC=C(C)C)C(C)(C)[C@@](C(=O)c2ccccc2)(C1=O)C3=O. The first-order valence-corrected chi connectivity index (χ1v) is 16.2. The van der Waals surface area contributed by atoms with Crippen molar-refractivity contribution < 1.29 is 29.0 Å². The average molecular weight is 603 g/mol. The summed E-state index contributed by atoms with van der Waals surface area (Å²) in [4.78, 5) is 45.4. The molecule has 2 saturated heterocycles. The van der Waals surface area contributed by atoms with Crippen molar-refractivity contribution in [2.75, 3.05) is 0 Å². The zero-order valence-corrected chi connectivity index (χ0v) is 28.0. The molecule has 1 saturated carbocycles. The minimum Gasteiger partial charge on any atom is -0.490 e. The third-order valence-electron chi connectivity index (χ3n) is 11.2. The molecule has 2 heterocycles. The second kappa shape index (κ2) is 10.9. The Kier molecular flexibility index (Phi) is 8.07. The van der Waals surface area contributed by atoms with Crippen LogP contribution < -0.4 is 0 Å². The fraction of sp³-hybridized carbons (Fsp3) is 0.605. The summed E-state index contributed by atoms with van der Waals surface area (Å²) in [5, 5.41) is 10.8. The number of fused-ring (bicyclic) bond motifs is 1. The van der Waals surface area contributed by atoms with Gasteiger partial charge in [0.2, 0.25) is 0 Å². The Morgan fingerprint density at radius 1 is 1.00 bits per heavy atom. The topological polar surface area (TPSA) is 89.9 Å². The highest BCUT2D eigenvalue weighted by Gasteiger charge is 2.77. The van der Waals surface area contributed by atoms with Gasteiger partial charge in [0.15, 0.2) is 22.8 Å². The summed E-state index contributed by atoms with van der Waals surface area (Å²) in [6.45, 7) is 17.4. The van der Waals surface area contributed by atoms with E-state index in [4.69, 9.17) is 9.47 Å². The lowest BCUT2D eigenvalue weighted by Gasteiger charge is -2.58. The van der Waals surface area contributed by atoms with Crippen molar-refractivity contribution in [1.82, 2.24) is 0 Å². The number of carbonyl (C=O) groups excluding carboxylic acids is 3. The lowest BCUT2D eigenvalue weighted by Crippen LogP contribution is -2.69. The summed E-state index contributed by atoms with van der Waals surface area (Å²) in [5.41, 5.74) is -2.74. The van der Waals surface area contributed by atoms with E-state index in [1.54, 1.807) is 38.1 Å². The fourth-order valence-electron chi connectivity index (χ4n) is 8.38. The van der Waals surface area contributed by atoms with Crippen LogP contribution in [0.1, 0.15) is 111 Å². The first-order chi connectivity index (χ1) is 20.4. The number of Topliss-reactive ketones (excluding diaryl/α,β-unsaturated/α-hetero) is 3. The third kappa shape index (κ3) is 4.79. The highest BCUT2D eigenvalue weighted by molar-refractivity contribution is 6.36. The molecule has 2 bridgehead atoms. The number of hydrogen-bond acceptors (Lipinski definition) is 6. The van der Waals surface area contributed by atoms with Gasteiger partial charge in [-0.2, -0.15) is 0 Å². The molecule has 6 atom stereocenters. The predicted molar refractivity (Wildman–Crippen MR) is 171 cm³/mol. The predicted octanol–water partition coefficient (Wildman–Crippen LogP) is 7.50. The van der Waals surface area contributed by atoms with Crippen LogP contribution in [0.25, 0.3) is 0 Å². The molecule has 238 valence electrons. The molecule has 0 aromatic heterocycles. The number of ketones is 3. The molecular weight excluding hydrogens is 552 g/mol. The first kappa shape index (κ1) is 32.6. The Morgan fingerprint density at radius 2 is 1.64 bits per heavy atom. The van der Waals surface area contributed by atoms with Crippen LogP contribution in [0.2, 0.25) is 0 Å². The largest absolute Gasteiger partial charge is 0.490 e. The molecule has 0 radical (unpaired) electrons. The number of allylic oxidation sites excluding steroid dienone is 6. The smallest absolute Gasteiger partial charge is 0.184 e. The maximum atomic E-state index is 15.4. The Balaban J connectivity index is 1.74. The van der Waals surface area contributed by atoms with E-state index in [9.17, 15) is 9.90 Å². The molecule has 6 nitrogen and oxygen atoms in total. The van der Waals surface area contributed by atoms with Crippen LogP contribution in [-0.4, -0.2) is 45.9 Å². The average Bonchev–Trinajstić information content (AvgIpc) is 3.54. The molecule has 4 aliphatic rings. The third-order valence-corrected chi connectivity index (χ3v) is 11.2. The van der Waals surface area contributed by atoms with Crippen molar-refractivity contribution in [3.8, 4) is 0 Å². The molecule has 1 aromatic rings. The molecule has 1 aromatic carbocycles. The van der Waals surface area contributed by atoms with E-state index >= 15 is 9.59 Å². The molecular formula is C38H50O6. The van der Waals surface area contributed by atoms with Gasteiger partial charge in [-0.05, 0) is 91.9 Å². The Labute approximate surface area is 263 Å². The van der Waals surface area contributed by atoms with Gasteiger partial charge in [-0.15, -0.1) is 0 Å². The van der Waals surface area contributed by atoms with Gasteiger partial charge in [-0.3, -0.25) is 14.4 Å². The van der Waals surface area contributed by atoms with Crippen LogP contribution in [-0.2, 0) is 19.1 Å². The first-order valence-electron chi connectivity index (χ1n) is 16.2. The zero-order valence-electron chi connectivity index (χ0n) is 28.0. The minimum atomic E-state index is -1.88. The second-order valence-corrected chi connectivity index (χ2v) is 15.5. The summed E-state index contributed by atoms with van der Waals surface area (Å²) in [6, 6.07) is 8.83. The van der Waals surface area contributed by atoms with Gasteiger partial charge in [0.05, 0.1) is 17.1 Å². The Hall–Kier alpha value is -2.83. The van der Waals surface area contributed by atoms with E-state index in [-0.39, 0.29) is 17.8 Å². The van der Waals surface area contributed by atoms with Gasteiger partial charge in [-0.1, -0.05) is 67.5 Å². The van der Waals surface area contributed by atoms with Crippen LogP contribution in [0.5, 0.6) is 0 Å². The van der Waals surface area contributed by atoms with Crippen molar-refractivity contribution in [1.29, 1.82) is 0 Å². The molecule has 2 aliphatic carbocycles. The molecule has 44 heavy (non-hydrogen) atoms. The van der Waals surface area contributed by atoms with Crippen LogP contribution in [0, 0.1) is 22.2 Å². The lowest BCUT2D eigenvalue weighted by atomic mass is 9.39. The molecule has 1 N–H and O–H groups in total. The zero-order chi connectivity index (χ0) is 32.5. The van der Waals surface area contributed by atoms with Crippen LogP contribution in [0.15, 0.2) is 65.0 Å². The molecule has 5 rings (SSSR count). The van der Waals surface area contributed by atoms with Crippen LogP contribution in [0.3, 0.4) is 0 Å². The monoisotopic (exact) mass is 602 g/mol. The van der Waals surface area contributed by atoms with E-state index < -0.39 is 45.1 Å². The van der Waals surface area contributed by atoms with Crippen molar-refractivity contribution in [3.63, 3.8) is 0 Å². The Morgan fingerprint density at radius 3 is 2.20 bits per heavy atom. The number of ether oxygens (including phenoxy) is 2. The second-order valence-electron chi connectivity index (χ2n) is 15.5. The molecule has 0 amide bonds. The minimum absolute atomic E-state index is 0.129. The quantitative estimate of drug-likeness (QED) is 0.188. The highest BCUT2D eigenvalue weighted by atomic mass is 16.6. The molecule has 2 aliphatic heterocycles. The normalized spacial score (nSPS) is 34.4.